The topological polar surface area (TPSA) is 95.9 Å². The third kappa shape index (κ3) is 43.9. The van der Waals surface area contributed by atoms with E-state index in [9.17, 15) is 19.8 Å². The van der Waals surface area contributed by atoms with Gasteiger partial charge in [0.2, 0.25) is 5.91 Å². The van der Waals surface area contributed by atoms with Crippen LogP contribution in [0, 0.1) is 0 Å². The molecule has 0 saturated heterocycles. The van der Waals surface area contributed by atoms with Gasteiger partial charge in [0.25, 0.3) is 0 Å². The first-order chi connectivity index (χ1) is 28.5. The molecule has 2 atom stereocenters. The molecule has 6 heteroatoms. The molecular weight excluding hydrogens is 719 g/mol. The van der Waals surface area contributed by atoms with E-state index in [1.165, 1.54) is 173 Å². The van der Waals surface area contributed by atoms with Gasteiger partial charge in [-0.1, -0.05) is 224 Å². The van der Waals surface area contributed by atoms with Crippen LogP contribution in [0.3, 0.4) is 0 Å². The Morgan fingerprint density at radius 1 is 0.466 bits per heavy atom. The predicted molar refractivity (Wildman–Crippen MR) is 250 cm³/mol. The van der Waals surface area contributed by atoms with Gasteiger partial charge in [0.15, 0.2) is 0 Å². The quantitative estimate of drug-likeness (QED) is 0.0323. The number of hydrogen-bond donors (Lipinski definition) is 3. The molecule has 1 amide bonds. The van der Waals surface area contributed by atoms with Crippen LogP contribution in [-0.4, -0.2) is 47.4 Å². The van der Waals surface area contributed by atoms with E-state index in [-0.39, 0.29) is 18.5 Å². The number of aliphatic hydroxyl groups is 2. The van der Waals surface area contributed by atoms with Crippen molar-refractivity contribution in [3.05, 3.63) is 24.3 Å². The van der Waals surface area contributed by atoms with Crippen molar-refractivity contribution in [3.8, 4) is 0 Å². The van der Waals surface area contributed by atoms with E-state index in [0.29, 0.717) is 19.4 Å². The molecule has 0 aliphatic rings. The lowest BCUT2D eigenvalue weighted by Crippen LogP contribution is -2.45. The number of rotatable bonds is 47. The summed E-state index contributed by atoms with van der Waals surface area (Å²) in [7, 11) is 0. The Morgan fingerprint density at radius 3 is 1.24 bits per heavy atom. The highest BCUT2D eigenvalue weighted by atomic mass is 16.5. The van der Waals surface area contributed by atoms with E-state index in [0.717, 1.165) is 70.6 Å². The monoisotopic (exact) mass is 818 g/mol. The fraction of sp³-hybridized carbons (Fsp3) is 0.885. The number of esters is 1. The third-order valence-corrected chi connectivity index (χ3v) is 11.7. The van der Waals surface area contributed by atoms with Crippen molar-refractivity contribution in [2.45, 2.75) is 283 Å². The normalized spacial score (nSPS) is 12.8. The molecule has 0 aromatic rings. The SMILES string of the molecule is CCCCCCCCCCCCCCC/C=C/C(O)C(CO)NC(=O)CCCCC/C=C\CCCCCCCCOC(=O)CCCCCCCCCCCCCCC. The molecule has 3 N–H and O–H groups in total. The number of carbonyl (C=O) groups excluding carboxylic acids is 2. The summed E-state index contributed by atoms with van der Waals surface area (Å²) in [6.45, 7) is 4.86. The summed E-state index contributed by atoms with van der Waals surface area (Å²) >= 11 is 0. The molecule has 0 bridgehead atoms. The maximum Gasteiger partial charge on any atom is 0.305 e. The molecule has 0 radical (unpaired) electrons. The zero-order valence-corrected chi connectivity index (χ0v) is 38.8. The minimum absolute atomic E-state index is 0.0128. The summed E-state index contributed by atoms with van der Waals surface area (Å²) < 4.78 is 5.45. The van der Waals surface area contributed by atoms with Crippen molar-refractivity contribution in [1.82, 2.24) is 5.32 Å². The fourth-order valence-electron chi connectivity index (χ4n) is 7.74. The van der Waals surface area contributed by atoms with Crippen molar-refractivity contribution < 1.29 is 24.5 Å². The lowest BCUT2D eigenvalue weighted by atomic mass is 10.0. The first-order valence-corrected chi connectivity index (χ1v) is 25.6. The van der Waals surface area contributed by atoms with E-state index in [1.807, 2.05) is 6.08 Å². The summed E-state index contributed by atoms with van der Waals surface area (Å²) in [5, 5.41) is 23.0. The summed E-state index contributed by atoms with van der Waals surface area (Å²) in [6, 6.07) is -0.647. The molecule has 6 nitrogen and oxygen atoms in total. The van der Waals surface area contributed by atoms with Crippen molar-refractivity contribution in [2.24, 2.45) is 0 Å². The van der Waals surface area contributed by atoms with Crippen molar-refractivity contribution in [2.75, 3.05) is 13.2 Å². The molecule has 0 aliphatic heterocycles. The highest BCUT2D eigenvalue weighted by Crippen LogP contribution is 2.15. The largest absolute Gasteiger partial charge is 0.466 e. The Hall–Kier alpha value is -1.66. The van der Waals surface area contributed by atoms with Gasteiger partial charge in [-0.2, -0.15) is 0 Å². The molecular formula is C52H99NO5. The Balaban J connectivity index is 3.53. The van der Waals surface area contributed by atoms with Gasteiger partial charge < -0.3 is 20.3 Å². The lowest BCUT2D eigenvalue weighted by molar-refractivity contribution is -0.143. The van der Waals surface area contributed by atoms with Crippen LogP contribution in [0.25, 0.3) is 0 Å². The lowest BCUT2D eigenvalue weighted by Gasteiger charge is -2.19. The van der Waals surface area contributed by atoms with Crippen LogP contribution >= 0.6 is 0 Å². The van der Waals surface area contributed by atoms with Crippen LogP contribution in [0.15, 0.2) is 24.3 Å². The first kappa shape index (κ1) is 56.3. The number of nitrogens with one attached hydrogen (secondary N) is 1. The fourth-order valence-corrected chi connectivity index (χ4v) is 7.74. The van der Waals surface area contributed by atoms with Gasteiger partial charge in [-0.25, -0.2) is 0 Å². The van der Waals surface area contributed by atoms with E-state index in [2.05, 4.69) is 31.3 Å². The summed E-state index contributed by atoms with van der Waals surface area (Å²) in [4.78, 5) is 24.4. The van der Waals surface area contributed by atoms with Crippen LogP contribution < -0.4 is 5.32 Å². The smallest absolute Gasteiger partial charge is 0.305 e. The van der Waals surface area contributed by atoms with Gasteiger partial charge in [-0.3, -0.25) is 9.59 Å². The van der Waals surface area contributed by atoms with E-state index in [1.54, 1.807) is 6.08 Å². The molecule has 58 heavy (non-hydrogen) atoms. The summed E-state index contributed by atoms with van der Waals surface area (Å²) in [5.74, 6) is -0.110. The average Bonchev–Trinajstić information content (AvgIpc) is 3.22. The standard InChI is InChI=1S/C52H99NO5/c1-3-5-7-9-11-13-15-17-18-21-24-28-32-36-40-44-50(55)49(48-54)53-51(56)45-41-37-33-29-25-22-19-23-27-31-35-39-43-47-58-52(57)46-42-38-34-30-26-20-16-14-12-10-8-6-4-2/h22,25,40,44,49-50,54-55H,3-21,23-24,26-39,41-43,45-48H2,1-2H3,(H,53,56)/b25-22-,44-40+. The summed E-state index contributed by atoms with van der Waals surface area (Å²) in [6.07, 6.45) is 56.0. The molecule has 0 fully saturated rings. The van der Waals surface area contributed by atoms with Gasteiger partial charge in [-0.05, 0) is 57.8 Å². The van der Waals surface area contributed by atoms with Gasteiger partial charge in [0.1, 0.15) is 0 Å². The Morgan fingerprint density at radius 2 is 0.810 bits per heavy atom. The second-order valence-corrected chi connectivity index (χ2v) is 17.5. The zero-order chi connectivity index (χ0) is 42.3. The van der Waals surface area contributed by atoms with Crippen molar-refractivity contribution in [1.29, 1.82) is 0 Å². The predicted octanol–water partition coefficient (Wildman–Crippen LogP) is 15.1. The molecule has 0 saturated carbocycles. The van der Waals surface area contributed by atoms with Gasteiger partial charge in [0.05, 0.1) is 25.4 Å². The first-order valence-electron chi connectivity index (χ1n) is 25.6. The number of ether oxygens (including phenoxy) is 1. The second-order valence-electron chi connectivity index (χ2n) is 17.5. The van der Waals surface area contributed by atoms with E-state index in [4.69, 9.17) is 4.74 Å². The highest BCUT2D eigenvalue weighted by molar-refractivity contribution is 5.76. The number of amides is 1. The van der Waals surface area contributed by atoms with Crippen LogP contribution in [0.5, 0.6) is 0 Å². The summed E-state index contributed by atoms with van der Waals surface area (Å²) in [5.41, 5.74) is 0. The van der Waals surface area contributed by atoms with E-state index >= 15 is 0 Å². The van der Waals surface area contributed by atoms with E-state index < -0.39 is 12.1 Å². The number of carbonyl (C=O) groups is 2. The molecule has 342 valence electrons. The minimum atomic E-state index is -0.860. The van der Waals surface area contributed by atoms with Crippen LogP contribution in [0.2, 0.25) is 0 Å². The Labute approximate surface area is 361 Å². The zero-order valence-electron chi connectivity index (χ0n) is 38.8. The maximum absolute atomic E-state index is 12.4. The molecule has 0 rings (SSSR count). The van der Waals surface area contributed by atoms with Crippen molar-refractivity contribution >= 4 is 11.9 Å². The Bertz CT molecular complexity index is 904. The maximum atomic E-state index is 12.4. The molecule has 0 aromatic carbocycles. The van der Waals surface area contributed by atoms with Crippen LogP contribution in [0.4, 0.5) is 0 Å². The van der Waals surface area contributed by atoms with Crippen molar-refractivity contribution in [3.63, 3.8) is 0 Å². The van der Waals surface area contributed by atoms with Gasteiger partial charge >= 0.3 is 5.97 Å². The third-order valence-electron chi connectivity index (χ3n) is 11.7. The molecule has 2 unspecified atom stereocenters. The molecule has 0 spiro atoms. The Kier molecular flexibility index (Phi) is 46.6. The number of aliphatic hydroxyl groups excluding tert-OH is 2. The second kappa shape index (κ2) is 48.0. The number of allylic oxidation sites excluding steroid dienone is 3. The average molecular weight is 818 g/mol. The molecule has 0 aliphatic carbocycles. The highest BCUT2D eigenvalue weighted by Gasteiger charge is 2.18. The van der Waals surface area contributed by atoms with Crippen LogP contribution in [-0.2, 0) is 14.3 Å². The molecule has 0 heterocycles. The van der Waals surface area contributed by atoms with Gasteiger partial charge in [0, 0.05) is 12.8 Å². The van der Waals surface area contributed by atoms with Crippen LogP contribution in [0.1, 0.15) is 271 Å². The number of unbranched alkanes of at least 4 members (excludes halogenated alkanes) is 34. The minimum Gasteiger partial charge on any atom is -0.466 e. The van der Waals surface area contributed by atoms with Gasteiger partial charge in [-0.15, -0.1) is 0 Å². The number of hydrogen-bond acceptors (Lipinski definition) is 5. The molecule has 0 aromatic heterocycles.